The topological polar surface area (TPSA) is 64.9 Å². The highest BCUT2D eigenvalue weighted by molar-refractivity contribution is 7.98. The number of benzene rings is 1. The largest absolute Gasteiger partial charge is 0.383 e. The van der Waals surface area contributed by atoms with E-state index < -0.39 is 0 Å². The van der Waals surface area contributed by atoms with Crippen molar-refractivity contribution in [2.45, 2.75) is 11.4 Å². The first-order valence-corrected chi connectivity index (χ1v) is 7.19. The van der Waals surface area contributed by atoms with E-state index in [1.54, 1.807) is 23.6 Å². The van der Waals surface area contributed by atoms with Gasteiger partial charge in [0.2, 0.25) is 0 Å². The summed E-state index contributed by atoms with van der Waals surface area (Å²) in [5.41, 5.74) is 0.973. The summed E-state index contributed by atoms with van der Waals surface area (Å²) in [6.45, 7) is 2.05. The van der Waals surface area contributed by atoms with Gasteiger partial charge < -0.3 is 10.1 Å². The van der Waals surface area contributed by atoms with E-state index in [0.29, 0.717) is 13.2 Å². The van der Waals surface area contributed by atoms with Gasteiger partial charge >= 0.3 is 0 Å². The molecular weight excluding hydrogens is 262 g/mol. The molecule has 0 radical (unpaired) electrons. The molecule has 1 N–H and O–H groups in total. The van der Waals surface area contributed by atoms with Crippen LogP contribution in [-0.4, -0.2) is 46.7 Å². The molecule has 0 aliphatic carbocycles. The second-order valence-corrected chi connectivity index (χ2v) is 4.76. The van der Waals surface area contributed by atoms with Gasteiger partial charge in [-0.3, -0.25) is 0 Å². The molecule has 0 fully saturated rings. The van der Waals surface area contributed by atoms with Gasteiger partial charge in [0.15, 0.2) is 5.82 Å². The van der Waals surface area contributed by atoms with Crippen molar-refractivity contribution < 1.29 is 4.74 Å². The smallest absolute Gasteiger partial charge is 0.170 e. The molecule has 0 unspecified atom stereocenters. The predicted octanol–water partition coefficient (Wildman–Crippen LogP) is 1.12. The van der Waals surface area contributed by atoms with Crippen molar-refractivity contribution in [2.24, 2.45) is 0 Å². The molecule has 102 valence electrons. The summed E-state index contributed by atoms with van der Waals surface area (Å²) in [6.07, 6.45) is 2.05. The monoisotopic (exact) mass is 279 g/mol. The van der Waals surface area contributed by atoms with E-state index in [9.17, 15) is 0 Å². The number of rotatable bonds is 7. The number of hydrogen-bond acceptors (Lipinski definition) is 6. The van der Waals surface area contributed by atoms with Crippen LogP contribution in [0.2, 0.25) is 0 Å². The molecule has 1 aromatic heterocycles. The number of methoxy groups -OCH3 is 1. The molecule has 0 aliphatic heterocycles. The Hall–Kier alpha value is -1.44. The van der Waals surface area contributed by atoms with Gasteiger partial charge in [0.1, 0.15) is 0 Å². The minimum absolute atomic E-state index is 0.611. The molecule has 19 heavy (non-hydrogen) atoms. The maximum absolute atomic E-state index is 4.98. The fourth-order valence-electron chi connectivity index (χ4n) is 1.63. The third-order valence-corrected chi connectivity index (χ3v) is 3.32. The lowest BCUT2D eigenvalue weighted by Crippen LogP contribution is -2.21. The van der Waals surface area contributed by atoms with Crippen LogP contribution in [0.3, 0.4) is 0 Å². The number of nitrogens with one attached hydrogen (secondary N) is 1. The number of nitrogens with zero attached hydrogens (tertiary/aromatic N) is 4. The standard InChI is InChI=1S/C12H17N5OS/c1-18-7-6-13-9-12-14-15-16-17(12)10-4-3-5-11(8-10)19-2/h3-5,8,13H,6-7,9H2,1-2H3. The zero-order valence-electron chi connectivity index (χ0n) is 11.0. The molecule has 0 amide bonds. The van der Waals surface area contributed by atoms with Crippen molar-refractivity contribution in [3.63, 3.8) is 0 Å². The zero-order chi connectivity index (χ0) is 13.5. The van der Waals surface area contributed by atoms with Crippen molar-refractivity contribution in [1.29, 1.82) is 0 Å². The summed E-state index contributed by atoms with van der Waals surface area (Å²) in [7, 11) is 1.68. The summed E-state index contributed by atoms with van der Waals surface area (Å²) >= 11 is 1.70. The molecule has 1 aromatic carbocycles. The lowest BCUT2D eigenvalue weighted by atomic mass is 10.3. The van der Waals surface area contributed by atoms with Crippen molar-refractivity contribution in [1.82, 2.24) is 25.5 Å². The van der Waals surface area contributed by atoms with E-state index in [1.807, 2.05) is 18.4 Å². The van der Waals surface area contributed by atoms with Gasteiger partial charge in [0.05, 0.1) is 18.8 Å². The van der Waals surface area contributed by atoms with Crippen LogP contribution in [0.15, 0.2) is 29.2 Å². The van der Waals surface area contributed by atoms with E-state index in [4.69, 9.17) is 4.74 Å². The van der Waals surface area contributed by atoms with Crippen LogP contribution in [-0.2, 0) is 11.3 Å². The molecule has 0 saturated carbocycles. The molecular formula is C12H17N5OS. The Morgan fingerprint density at radius 2 is 2.32 bits per heavy atom. The van der Waals surface area contributed by atoms with Crippen molar-refractivity contribution in [2.75, 3.05) is 26.5 Å². The molecule has 2 rings (SSSR count). The Morgan fingerprint density at radius 1 is 1.42 bits per heavy atom. The average Bonchev–Trinajstić information content (AvgIpc) is 2.92. The van der Waals surface area contributed by atoms with Gasteiger partial charge in [0.25, 0.3) is 0 Å². The van der Waals surface area contributed by atoms with Gasteiger partial charge in [0, 0.05) is 18.6 Å². The third kappa shape index (κ3) is 3.76. The quantitative estimate of drug-likeness (QED) is 0.605. The first-order chi connectivity index (χ1) is 9.35. The predicted molar refractivity (Wildman–Crippen MR) is 74.5 cm³/mol. The zero-order valence-corrected chi connectivity index (χ0v) is 11.9. The Balaban J connectivity index is 2.09. The van der Waals surface area contributed by atoms with Crippen molar-refractivity contribution in [3.05, 3.63) is 30.1 Å². The van der Waals surface area contributed by atoms with E-state index in [2.05, 4.69) is 33.0 Å². The Labute approximate surface area is 116 Å². The maximum atomic E-state index is 4.98. The minimum Gasteiger partial charge on any atom is -0.383 e. The summed E-state index contributed by atoms with van der Waals surface area (Å²) in [6, 6.07) is 8.13. The molecule has 0 atom stereocenters. The first-order valence-electron chi connectivity index (χ1n) is 5.96. The second kappa shape index (κ2) is 7.22. The Kier molecular flexibility index (Phi) is 5.31. The normalized spacial score (nSPS) is 10.8. The van der Waals surface area contributed by atoms with E-state index in [0.717, 1.165) is 18.1 Å². The molecule has 0 bridgehead atoms. The molecule has 0 saturated heterocycles. The maximum Gasteiger partial charge on any atom is 0.170 e. The van der Waals surface area contributed by atoms with Gasteiger partial charge in [-0.25, -0.2) is 0 Å². The highest BCUT2D eigenvalue weighted by Crippen LogP contribution is 2.18. The first kappa shape index (κ1) is 14.0. The van der Waals surface area contributed by atoms with Gasteiger partial charge in [-0.2, -0.15) is 4.68 Å². The van der Waals surface area contributed by atoms with Crippen LogP contribution < -0.4 is 5.32 Å². The van der Waals surface area contributed by atoms with Crippen molar-refractivity contribution in [3.8, 4) is 5.69 Å². The minimum atomic E-state index is 0.611. The molecule has 1 heterocycles. The fraction of sp³-hybridized carbons (Fsp3) is 0.417. The molecule has 0 spiro atoms. The summed E-state index contributed by atoms with van der Waals surface area (Å²) in [5.74, 6) is 0.786. The third-order valence-electron chi connectivity index (χ3n) is 2.60. The van der Waals surface area contributed by atoms with Crippen LogP contribution >= 0.6 is 11.8 Å². The van der Waals surface area contributed by atoms with E-state index in [-0.39, 0.29) is 0 Å². The Morgan fingerprint density at radius 3 is 3.11 bits per heavy atom. The van der Waals surface area contributed by atoms with E-state index >= 15 is 0 Å². The molecule has 2 aromatic rings. The molecule has 6 nitrogen and oxygen atoms in total. The fourth-order valence-corrected chi connectivity index (χ4v) is 2.09. The average molecular weight is 279 g/mol. The molecule has 0 aliphatic rings. The van der Waals surface area contributed by atoms with Crippen LogP contribution in [0.4, 0.5) is 0 Å². The van der Waals surface area contributed by atoms with Gasteiger partial charge in [-0.1, -0.05) is 6.07 Å². The Bertz CT molecular complexity index is 516. The molecule has 7 heteroatoms. The summed E-state index contributed by atoms with van der Waals surface area (Å²) in [5, 5.41) is 15.0. The van der Waals surface area contributed by atoms with Crippen LogP contribution in [0.1, 0.15) is 5.82 Å². The van der Waals surface area contributed by atoms with Crippen LogP contribution in [0.25, 0.3) is 5.69 Å². The number of hydrogen-bond donors (Lipinski definition) is 1. The number of tetrazole rings is 1. The number of aromatic nitrogens is 4. The van der Waals surface area contributed by atoms with Crippen LogP contribution in [0, 0.1) is 0 Å². The SMILES string of the molecule is COCCNCc1nnnn1-c1cccc(SC)c1. The summed E-state index contributed by atoms with van der Waals surface area (Å²) in [4.78, 5) is 1.19. The van der Waals surface area contributed by atoms with Crippen LogP contribution in [0.5, 0.6) is 0 Å². The lowest BCUT2D eigenvalue weighted by Gasteiger charge is -2.06. The lowest BCUT2D eigenvalue weighted by molar-refractivity contribution is 0.199. The summed E-state index contributed by atoms with van der Waals surface area (Å²) < 4.78 is 6.73. The highest BCUT2D eigenvalue weighted by atomic mass is 32.2. The highest BCUT2D eigenvalue weighted by Gasteiger charge is 2.08. The van der Waals surface area contributed by atoms with Gasteiger partial charge in [-0.15, -0.1) is 16.9 Å². The number of thioether (sulfide) groups is 1. The number of ether oxygens (including phenoxy) is 1. The van der Waals surface area contributed by atoms with E-state index in [1.165, 1.54) is 4.90 Å². The second-order valence-electron chi connectivity index (χ2n) is 3.88. The van der Waals surface area contributed by atoms with Gasteiger partial charge in [-0.05, 0) is 34.9 Å². The van der Waals surface area contributed by atoms with Crippen molar-refractivity contribution >= 4 is 11.8 Å².